The van der Waals surface area contributed by atoms with Crippen LogP contribution in [0.25, 0.3) is 16.8 Å². The van der Waals surface area contributed by atoms with Crippen molar-refractivity contribution < 1.29 is 9.53 Å². The van der Waals surface area contributed by atoms with Crippen LogP contribution >= 0.6 is 39.9 Å². The van der Waals surface area contributed by atoms with Crippen LogP contribution in [0.3, 0.4) is 0 Å². The second-order valence-electron chi connectivity index (χ2n) is 6.55. The average Bonchev–Trinajstić information content (AvgIpc) is 3.00. The van der Waals surface area contributed by atoms with Gasteiger partial charge in [-0.2, -0.15) is 0 Å². The van der Waals surface area contributed by atoms with Crippen molar-refractivity contribution in [3.05, 3.63) is 75.6 Å². The predicted octanol–water partition coefficient (Wildman–Crippen LogP) is 6.80. The second kappa shape index (κ2) is 8.69. The van der Waals surface area contributed by atoms with Crippen molar-refractivity contribution in [1.29, 1.82) is 0 Å². The lowest BCUT2D eigenvalue weighted by Crippen LogP contribution is -2.27. The molecule has 0 aliphatic carbocycles. The van der Waals surface area contributed by atoms with Crippen molar-refractivity contribution in [3.8, 4) is 5.75 Å². The largest absolute Gasteiger partial charge is 0.492 e. The fourth-order valence-electron chi connectivity index (χ4n) is 3.17. The highest BCUT2D eigenvalue weighted by atomic mass is 79.9. The first-order valence-corrected chi connectivity index (χ1v) is 11.3. The fourth-order valence-corrected chi connectivity index (χ4v) is 4.96. The number of carbonyl (C=O) groups excluding carboxylic acids is 1. The van der Waals surface area contributed by atoms with Gasteiger partial charge in [-0.3, -0.25) is 9.69 Å². The molecule has 0 unspecified atom stereocenters. The van der Waals surface area contributed by atoms with E-state index in [2.05, 4.69) is 22.9 Å². The minimum absolute atomic E-state index is 0.0983. The van der Waals surface area contributed by atoms with E-state index < -0.39 is 0 Å². The lowest BCUT2D eigenvalue weighted by Gasteiger charge is -2.17. The highest BCUT2D eigenvalue weighted by molar-refractivity contribution is 9.10. The van der Waals surface area contributed by atoms with E-state index in [0.717, 1.165) is 38.7 Å². The smallest absolute Gasteiger partial charge is 0.270 e. The van der Waals surface area contributed by atoms with E-state index in [-0.39, 0.29) is 5.91 Å². The van der Waals surface area contributed by atoms with E-state index in [1.807, 2.05) is 66.7 Å². The number of thiocarbonyl (C=S) groups is 1. The van der Waals surface area contributed by atoms with E-state index >= 15 is 0 Å². The predicted molar refractivity (Wildman–Crippen MR) is 130 cm³/mol. The summed E-state index contributed by atoms with van der Waals surface area (Å²) >= 11 is 10.4. The fraction of sp³-hybridized carbons (Fsp3) is 0.130. The van der Waals surface area contributed by atoms with Crippen molar-refractivity contribution in [3.63, 3.8) is 0 Å². The van der Waals surface area contributed by atoms with E-state index in [4.69, 9.17) is 17.0 Å². The topological polar surface area (TPSA) is 29.5 Å². The van der Waals surface area contributed by atoms with Crippen LogP contribution in [0.2, 0.25) is 0 Å². The zero-order valence-electron chi connectivity index (χ0n) is 15.7. The summed E-state index contributed by atoms with van der Waals surface area (Å²) in [4.78, 5) is 15.4. The number of benzene rings is 3. The number of rotatable bonds is 5. The van der Waals surface area contributed by atoms with Crippen LogP contribution in [0, 0.1) is 0 Å². The lowest BCUT2D eigenvalue weighted by molar-refractivity contribution is -0.113. The minimum Gasteiger partial charge on any atom is -0.492 e. The molecule has 0 saturated carbocycles. The third-order valence-corrected chi connectivity index (χ3v) is 6.44. The van der Waals surface area contributed by atoms with Crippen LogP contribution in [-0.4, -0.2) is 16.8 Å². The van der Waals surface area contributed by atoms with Crippen LogP contribution < -0.4 is 9.64 Å². The lowest BCUT2D eigenvalue weighted by atomic mass is 10.1. The standard InChI is InChI=1S/C23H18BrNO2S2/c1-2-12-27-20-11-10-15(13-18(20)24)14-21-22(26)25(23(28)29-21)19-9-5-7-16-6-3-4-8-17(16)19/h3-11,13-14H,2,12H2,1H3/b21-14+. The van der Waals surface area contributed by atoms with E-state index in [1.165, 1.54) is 11.8 Å². The third-order valence-electron chi connectivity index (χ3n) is 4.52. The van der Waals surface area contributed by atoms with Crippen LogP contribution in [-0.2, 0) is 4.79 Å². The molecule has 3 nitrogen and oxygen atoms in total. The first-order chi connectivity index (χ1) is 14.1. The van der Waals surface area contributed by atoms with Crippen LogP contribution in [0.4, 0.5) is 5.69 Å². The summed E-state index contributed by atoms with van der Waals surface area (Å²) in [6.07, 6.45) is 2.82. The molecule has 0 atom stereocenters. The summed E-state index contributed by atoms with van der Waals surface area (Å²) < 4.78 is 7.10. The van der Waals surface area contributed by atoms with Crippen LogP contribution in [0.15, 0.2) is 70.0 Å². The van der Waals surface area contributed by atoms with Gasteiger partial charge in [0.05, 0.1) is 21.7 Å². The highest BCUT2D eigenvalue weighted by Gasteiger charge is 2.34. The molecule has 1 amide bonds. The molecule has 3 aromatic carbocycles. The zero-order chi connectivity index (χ0) is 20.4. The maximum atomic E-state index is 13.2. The number of hydrogen-bond donors (Lipinski definition) is 0. The Hall–Kier alpha value is -2.15. The minimum atomic E-state index is -0.0983. The highest BCUT2D eigenvalue weighted by Crippen LogP contribution is 2.39. The van der Waals surface area contributed by atoms with Crippen molar-refractivity contribution in [1.82, 2.24) is 0 Å². The number of amides is 1. The SMILES string of the molecule is CCCOc1ccc(/C=C2/SC(=S)N(c3cccc4ccccc34)C2=O)cc1Br. The number of halogens is 1. The molecule has 0 N–H and O–H groups in total. The van der Waals surface area contributed by atoms with Gasteiger partial charge in [0, 0.05) is 5.39 Å². The number of nitrogens with zero attached hydrogens (tertiary/aromatic N) is 1. The van der Waals surface area contributed by atoms with Gasteiger partial charge in [0.25, 0.3) is 5.91 Å². The maximum absolute atomic E-state index is 13.2. The Morgan fingerprint density at radius 2 is 1.93 bits per heavy atom. The molecular weight excluding hydrogens is 466 g/mol. The summed E-state index contributed by atoms with van der Waals surface area (Å²) in [5, 5.41) is 2.09. The summed E-state index contributed by atoms with van der Waals surface area (Å²) in [6.45, 7) is 2.74. The summed E-state index contributed by atoms with van der Waals surface area (Å²) in [5.41, 5.74) is 1.73. The summed E-state index contributed by atoms with van der Waals surface area (Å²) in [7, 11) is 0. The molecule has 1 aliphatic heterocycles. The monoisotopic (exact) mass is 483 g/mol. The molecule has 4 rings (SSSR count). The van der Waals surface area contributed by atoms with Crippen LogP contribution in [0.5, 0.6) is 5.75 Å². The first-order valence-electron chi connectivity index (χ1n) is 9.26. The molecule has 146 valence electrons. The number of fused-ring (bicyclic) bond motifs is 1. The maximum Gasteiger partial charge on any atom is 0.270 e. The molecular formula is C23H18BrNO2S2. The molecule has 29 heavy (non-hydrogen) atoms. The van der Waals surface area contributed by atoms with E-state index in [0.29, 0.717) is 15.8 Å². The number of ether oxygens (including phenoxy) is 1. The van der Waals surface area contributed by atoms with E-state index in [9.17, 15) is 4.79 Å². The van der Waals surface area contributed by atoms with Crippen LogP contribution in [0.1, 0.15) is 18.9 Å². The Balaban J connectivity index is 1.65. The first kappa shape index (κ1) is 20.1. The molecule has 0 radical (unpaired) electrons. The summed E-state index contributed by atoms with van der Waals surface area (Å²) in [5.74, 6) is 0.700. The van der Waals surface area contributed by atoms with Crippen molar-refractivity contribution >= 4 is 72.7 Å². The number of hydrogen-bond acceptors (Lipinski definition) is 4. The molecule has 1 heterocycles. The molecule has 1 aliphatic rings. The number of thioether (sulfide) groups is 1. The van der Waals surface area contributed by atoms with Gasteiger partial charge in [0.2, 0.25) is 0 Å². The van der Waals surface area contributed by atoms with Gasteiger partial charge in [0.1, 0.15) is 5.75 Å². The third kappa shape index (κ3) is 4.10. The molecule has 6 heteroatoms. The molecule has 0 aromatic heterocycles. The summed E-state index contributed by atoms with van der Waals surface area (Å²) in [6, 6.07) is 19.7. The van der Waals surface area contributed by atoms with Crippen molar-refractivity contribution in [2.24, 2.45) is 0 Å². The second-order valence-corrected chi connectivity index (χ2v) is 9.08. The Kier molecular flexibility index (Phi) is 6.04. The Morgan fingerprint density at radius 3 is 2.72 bits per heavy atom. The zero-order valence-corrected chi connectivity index (χ0v) is 18.9. The molecule has 1 saturated heterocycles. The normalized spacial score (nSPS) is 15.5. The molecule has 0 spiro atoms. The van der Waals surface area contributed by atoms with Gasteiger partial charge in [-0.25, -0.2) is 0 Å². The number of anilines is 1. The van der Waals surface area contributed by atoms with Gasteiger partial charge in [-0.15, -0.1) is 0 Å². The van der Waals surface area contributed by atoms with Gasteiger partial charge in [-0.1, -0.05) is 73.4 Å². The van der Waals surface area contributed by atoms with Gasteiger partial charge < -0.3 is 4.74 Å². The average molecular weight is 484 g/mol. The number of carbonyl (C=O) groups is 1. The molecule has 1 fully saturated rings. The van der Waals surface area contributed by atoms with Crippen molar-refractivity contribution in [2.75, 3.05) is 11.5 Å². The van der Waals surface area contributed by atoms with Crippen molar-refractivity contribution in [2.45, 2.75) is 13.3 Å². The Bertz CT molecular complexity index is 1140. The quantitative estimate of drug-likeness (QED) is 0.294. The Morgan fingerprint density at radius 1 is 1.14 bits per heavy atom. The van der Waals surface area contributed by atoms with Gasteiger partial charge >= 0.3 is 0 Å². The molecule has 3 aromatic rings. The van der Waals surface area contributed by atoms with Gasteiger partial charge in [0.15, 0.2) is 4.32 Å². The molecule has 0 bridgehead atoms. The van der Waals surface area contributed by atoms with Gasteiger partial charge in [-0.05, 0) is 57.6 Å². The Labute approximate surface area is 187 Å². The van der Waals surface area contributed by atoms with E-state index in [1.54, 1.807) is 4.90 Å².